The number of hydrogen-bond donors (Lipinski definition) is 1. The molecule has 0 bridgehead atoms. The monoisotopic (exact) mass is 795 g/mol. The van der Waals surface area contributed by atoms with E-state index in [0.717, 1.165) is 27.8 Å². The molecule has 1 fully saturated rings. The fourth-order valence-corrected chi connectivity index (χ4v) is 7.06. The number of nitrogens with zero attached hydrogens (tertiary/aromatic N) is 5. The van der Waals surface area contributed by atoms with Crippen molar-refractivity contribution < 1.29 is 33.7 Å². The number of aliphatic carboxylic acids is 1. The maximum Gasteiger partial charge on any atom is 0.410 e. The molecule has 13 heteroatoms. The zero-order valence-corrected chi connectivity index (χ0v) is 34.4. The van der Waals surface area contributed by atoms with Gasteiger partial charge < -0.3 is 29.1 Å². The Labute approximate surface area is 339 Å². The van der Waals surface area contributed by atoms with Gasteiger partial charge in [-0.05, 0) is 94.5 Å². The van der Waals surface area contributed by atoms with E-state index in [4.69, 9.17) is 25.8 Å². The van der Waals surface area contributed by atoms with Crippen molar-refractivity contribution in [3.05, 3.63) is 111 Å². The van der Waals surface area contributed by atoms with Crippen molar-refractivity contribution >= 4 is 29.6 Å². The number of halogens is 1. The number of pyridine rings is 1. The summed E-state index contributed by atoms with van der Waals surface area (Å²) in [5, 5.41) is 19.9. The van der Waals surface area contributed by atoms with E-state index in [1.54, 1.807) is 50.1 Å². The molecule has 0 spiro atoms. The SMILES string of the molecule is CCN(CC)C(=O)c1cccc(-c2cccc(COc3cc(OCc4cncc(C#N)c4)c(CN4CCN(C(=O)OC(C)(C)C)CC4C(=O)O)cc3Cl)c2C)c1C. The van der Waals surface area contributed by atoms with E-state index in [9.17, 15) is 24.8 Å². The lowest BCUT2D eigenvalue weighted by Crippen LogP contribution is -2.57. The number of nitriles is 1. The van der Waals surface area contributed by atoms with Crippen LogP contribution in [-0.2, 0) is 29.3 Å². The second-order valence-electron chi connectivity index (χ2n) is 15.0. The third-order valence-electron chi connectivity index (χ3n) is 9.97. The molecule has 1 N–H and O–H groups in total. The van der Waals surface area contributed by atoms with Crippen LogP contribution in [0.1, 0.15) is 78.4 Å². The molecule has 2 heterocycles. The highest BCUT2D eigenvalue weighted by atomic mass is 35.5. The Hall–Kier alpha value is -5.64. The molecular formula is C44H50ClN5O7. The Morgan fingerprint density at radius 1 is 0.930 bits per heavy atom. The summed E-state index contributed by atoms with van der Waals surface area (Å²) in [6.07, 6.45) is 2.51. The number of carboxylic acid groups (broad SMARTS) is 1. The van der Waals surface area contributed by atoms with Crippen LogP contribution in [0.2, 0.25) is 5.02 Å². The molecular weight excluding hydrogens is 746 g/mol. The number of piperazine rings is 1. The lowest BCUT2D eigenvalue weighted by molar-refractivity contribution is -0.145. The van der Waals surface area contributed by atoms with Crippen LogP contribution in [-0.4, -0.2) is 87.1 Å². The lowest BCUT2D eigenvalue weighted by Gasteiger charge is -2.39. The van der Waals surface area contributed by atoms with Crippen LogP contribution in [0.25, 0.3) is 11.1 Å². The molecule has 300 valence electrons. The number of carbonyl (C=O) groups excluding carboxylic acids is 2. The molecule has 4 aromatic rings. The molecule has 12 nitrogen and oxygen atoms in total. The van der Waals surface area contributed by atoms with Gasteiger partial charge in [-0.25, -0.2) is 4.79 Å². The van der Waals surface area contributed by atoms with Crippen LogP contribution < -0.4 is 9.47 Å². The number of hydrogen-bond acceptors (Lipinski definition) is 9. The summed E-state index contributed by atoms with van der Waals surface area (Å²) < 4.78 is 18.2. The van der Waals surface area contributed by atoms with Crippen LogP contribution in [0.15, 0.2) is 67.0 Å². The minimum Gasteiger partial charge on any atom is -0.488 e. The van der Waals surface area contributed by atoms with E-state index in [-0.39, 0.29) is 45.3 Å². The molecule has 2 amide bonds. The quantitative estimate of drug-likeness (QED) is 0.141. The van der Waals surface area contributed by atoms with Crippen molar-refractivity contribution in [1.29, 1.82) is 5.26 Å². The molecule has 1 aliphatic heterocycles. The molecule has 5 rings (SSSR count). The molecule has 3 aromatic carbocycles. The van der Waals surface area contributed by atoms with E-state index in [2.05, 4.69) is 11.1 Å². The highest BCUT2D eigenvalue weighted by Crippen LogP contribution is 2.37. The van der Waals surface area contributed by atoms with Gasteiger partial charge in [-0.15, -0.1) is 0 Å². The summed E-state index contributed by atoms with van der Waals surface area (Å²) in [5.41, 5.74) is 6.38. The normalized spacial score (nSPS) is 14.4. The molecule has 1 atom stereocenters. The van der Waals surface area contributed by atoms with Gasteiger partial charge in [-0.2, -0.15) is 5.26 Å². The summed E-state index contributed by atoms with van der Waals surface area (Å²) in [6.45, 7) is 15.4. The second-order valence-corrected chi connectivity index (χ2v) is 15.4. The molecule has 1 saturated heterocycles. The minimum atomic E-state index is -1.08. The Bertz CT molecular complexity index is 2160. The number of amides is 2. The Morgan fingerprint density at radius 3 is 2.28 bits per heavy atom. The lowest BCUT2D eigenvalue weighted by atomic mass is 9.91. The standard InChI is InChI=1S/C44H50ClN5O7/c1-8-48(9-2)41(51)36-15-11-14-35(29(36)4)34-13-10-12-32(28(34)3)27-56-40-20-39(55-26-31-18-30(21-46)22-47-23-31)33(19-37(40)45)24-49-16-17-50(25-38(49)42(52)53)43(54)57-44(5,6)7/h10-15,18-20,22-23,38H,8-9,16-17,24-27H2,1-7H3,(H,52,53). The van der Waals surface area contributed by atoms with Crippen molar-refractivity contribution in [2.45, 2.75) is 79.9 Å². The third-order valence-corrected chi connectivity index (χ3v) is 10.3. The van der Waals surface area contributed by atoms with Gasteiger partial charge in [0.15, 0.2) is 0 Å². The van der Waals surface area contributed by atoms with Gasteiger partial charge in [0.1, 0.15) is 42.4 Å². The van der Waals surface area contributed by atoms with Gasteiger partial charge >= 0.3 is 12.1 Å². The highest BCUT2D eigenvalue weighted by molar-refractivity contribution is 6.32. The number of carbonyl (C=O) groups is 3. The molecule has 0 saturated carbocycles. The second kappa shape index (κ2) is 18.5. The van der Waals surface area contributed by atoms with Crippen LogP contribution in [0, 0.1) is 25.2 Å². The first-order valence-electron chi connectivity index (χ1n) is 19.0. The van der Waals surface area contributed by atoms with Crippen molar-refractivity contribution in [2.75, 3.05) is 32.7 Å². The first kappa shape index (κ1) is 42.5. The summed E-state index contributed by atoms with van der Waals surface area (Å²) in [4.78, 5) is 47.8. The smallest absolute Gasteiger partial charge is 0.410 e. The van der Waals surface area contributed by atoms with Crippen LogP contribution in [0.5, 0.6) is 11.5 Å². The van der Waals surface area contributed by atoms with Crippen LogP contribution in [0.3, 0.4) is 0 Å². The molecule has 57 heavy (non-hydrogen) atoms. The van der Waals surface area contributed by atoms with Gasteiger partial charge in [-0.1, -0.05) is 41.9 Å². The van der Waals surface area contributed by atoms with E-state index in [0.29, 0.717) is 51.9 Å². The van der Waals surface area contributed by atoms with E-state index in [1.807, 2.05) is 69.0 Å². The van der Waals surface area contributed by atoms with Crippen molar-refractivity contribution in [1.82, 2.24) is 19.7 Å². The van der Waals surface area contributed by atoms with Crippen molar-refractivity contribution in [2.24, 2.45) is 0 Å². The van der Waals surface area contributed by atoms with Gasteiger partial charge in [0.25, 0.3) is 5.91 Å². The fraction of sp³-hybridized carbons (Fsp3) is 0.386. The number of rotatable bonds is 13. The molecule has 1 aliphatic rings. The first-order valence-corrected chi connectivity index (χ1v) is 19.4. The number of ether oxygens (including phenoxy) is 3. The molecule has 1 aromatic heterocycles. The summed E-state index contributed by atoms with van der Waals surface area (Å²) in [6, 6.07) is 17.9. The topological polar surface area (TPSA) is 146 Å². The van der Waals surface area contributed by atoms with E-state index < -0.39 is 23.7 Å². The average Bonchev–Trinajstić information content (AvgIpc) is 3.17. The maximum atomic E-state index is 13.3. The first-order chi connectivity index (χ1) is 27.1. The van der Waals surface area contributed by atoms with Gasteiger partial charge in [0, 0.05) is 67.9 Å². The maximum absolute atomic E-state index is 13.3. The van der Waals surface area contributed by atoms with Gasteiger partial charge in [0.05, 0.1) is 17.1 Å². The molecule has 0 radical (unpaired) electrons. The summed E-state index contributed by atoms with van der Waals surface area (Å²) >= 11 is 6.88. The Morgan fingerprint density at radius 2 is 1.61 bits per heavy atom. The van der Waals surface area contributed by atoms with E-state index >= 15 is 0 Å². The van der Waals surface area contributed by atoms with Gasteiger partial charge in [0.2, 0.25) is 0 Å². The van der Waals surface area contributed by atoms with Gasteiger partial charge in [-0.3, -0.25) is 19.5 Å². The van der Waals surface area contributed by atoms with E-state index in [1.165, 1.54) is 11.1 Å². The molecule has 0 aliphatic carbocycles. The highest BCUT2D eigenvalue weighted by Gasteiger charge is 2.36. The predicted molar refractivity (Wildman–Crippen MR) is 217 cm³/mol. The Balaban J connectivity index is 1.42. The zero-order chi connectivity index (χ0) is 41.4. The average molecular weight is 796 g/mol. The Kier molecular flexibility index (Phi) is 13.8. The third kappa shape index (κ3) is 10.4. The van der Waals surface area contributed by atoms with Crippen molar-refractivity contribution in [3.63, 3.8) is 0 Å². The number of carboxylic acids is 1. The fourth-order valence-electron chi connectivity index (χ4n) is 6.82. The number of benzene rings is 3. The minimum absolute atomic E-state index is 0.00294. The van der Waals surface area contributed by atoms with Crippen LogP contribution in [0.4, 0.5) is 4.79 Å². The van der Waals surface area contributed by atoms with Crippen molar-refractivity contribution in [3.8, 4) is 28.7 Å². The summed E-state index contributed by atoms with van der Waals surface area (Å²) in [5.74, 6) is -0.308. The number of aromatic nitrogens is 1. The zero-order valence-electron chi connectivity index (χ0n) is 33.6. The molecule has 1 unspecified atom stereocenters. The largest absolute Gasteiger partial charge is 0.488 e. The summed E-state index contributed by atoms with van der Waals surface area (Å²) in [7, 11) is 0. The predicted octanol–water partition coefficient (Wildman–Crippen LogP) is 8.04. The van der Waals surface area contributed by atoms with Crippen LogP contribution >= 0.6 is 11.6 Å².